The van der Waals surface area contributed by atoms with E-state index in [1.54, 1.807) is 6.07 Å². The fourth-order valence-electron chi connectivity index (χ4n) is 3.19. The molecule has 0 unspecified atom stereocenters. The summed E-state index contributed by atoms with van der Waals surface area (Å²) in [6.45, 7) is 3.93. The normalized spacial score (nSPS) is 13.8. The van der Waals surface area contributed by atoms with Gasteiger partial charge in [-0.3, -0.25) is 0 Å². The molecule has 0 saturated heterocycles. The lowest BCUT2D eigenvalue weighted by Gasteiger charge is -2.19. The minimum absolute atomic E-state index is 0.466. The van der Waals surface area contributed by atoms with Crippen molar-refractivity contribution in [3.05, 3.63) is 58.7 Å². The van der Waals surface area contributed by atoms with Crippen LogP contribution in [0.5, 0.6) is 0 Å². The van der Waals surface area contributed by atoms with Gasteiger partial charge in [0.05, 0.1) is 11.1 Å². The van der Waals surface area contributed by atoms with Crippen LogP contribution in [0.1, 0.15) is 31.8 Å². The largest absolute Gasteiger partial charge is 0.386 e. The van der Waals surface area contributed by atoms with Crippen molar-refractivity contribution in [2.45, 2.75) is 13.8 Å². The Morgan fingerprint density at radius 2 is 1.67 bits per heavy atom. The van der Waals surface area contributed by atoms with E-state index in [9.17, 15) is 9.59 Å². The molecule has 3 aromatic carbocycles. The topological polar surface area (TPSA) is 43.4 Å². The van der Waals surface area contributed by atoms with Crippen molar-refractivity contribution in [1.29, 1.82) is 0 Å². The van der Waals surface area contributed by atoms with Gasteiger partial charge in [-0.05, 0) is 41.6 Å². The van der Waals surface area contributed by atoms with Crippen molar-refractivity contribution in [2.75, 3.05) is 0 Å². The van der Waals surface area contributed by atoms with Crippen LogP contribution in [0.3, 0.4) is 0 Å². The Bertz CT molecular complexity index is 967. The molecule has 3 aromatic rings. The molecule has 4 rings (SSSR count). The Kier molecular flexibility index (Phi) is 2.25. The Hall–Kier alpha value is -2.68. The number of esters is 2. The monoisotopic (exact) mass is 276 g/mol. The lowest BCUT2D eigenvalue weighted by Crippen LogP contribution is -2.20. The number of ether oxygens (including phenoxy) is 1. The van der Waals surface area contributed by atoms with Crippen molar-refractivity contribution in [1.82, 2.24) is 0 Å². The zero-order valence-electron chi connectivity index (χ0n) is 11.7. The SMILES string of the molecule is Cc1ccc2c(C)c3c4c(cccc4c2c1)C(=O)OC3=O. The summed E-state index contributed by atoms with van der Waals surface area (Å²) in [6, 6.07) is 11.6. The third-order valence-corrected chi connectivity index (χ3v) is 4.17. The second-order valence-electron chi connectivity index (χ2n) is 5.45. The molecule has 0 amide bonds. The molecule has 0 spiro atoms. The summed E-state index contributed by atoms with van der Waals surface area (Å²) >= 11 is 0. The molecule has 1 heterocycles. The first-order chi connectivity index (χ1) is 10.1. The van der Waals surface area contributed by atoms with Gasteiger partial charge in [0.15, 0.2) is 0 Å². The lowest BCUT2D eigenvalue weighted by molar-refractivity contribution is 0.0391. The van der Waals surface area contributed by atoms with E-state index >= 15 is 0 Å². The van der Waals surface area contributed by atoms with Gasteiger partial charge in [-0.15, -0.1) is 0 Å². The molecule has 0 aromatic heterocycles. The summed E-state index contributed by atoms with van der Waals surface area (Å²) < 4.78 is 4.88. The van der Waals surface area contributed by atoms with Gasteiger partial charge >= 0.3 is 11.9 Å². The zero-order valence-corrected chi connectivity index (χ0v) is 11.7. The number of fused-ring (bicyclic) bond motifs is 2. The Morgan fingerprint density at radius 3 is 2.48 bits per heavy atom. The maximum absolute atomic E-state index is 12.2. The highest BCUT2D eigenvalue weighted by molar-refractivity contribution is 6.27. The van der Waals surface area contributed by atoms with E-state index in [1.165, 1.54) is 0 Å². The van der Waals surface area contributed by atoms with E-state index in [4.69, 9.17) is 4.74 Å². The second kappa shape index (κ2) is 3.92. The molecular formula is C18H12O3. The molecule has 1 aliphatic heterocycles. The standard InChI is InChI=1S/C18H12O3/c1-9-6-7-11-10(2)15-16-12(14(11)8-9)4-3-5-13(16)17(19)21-18(15)20/h3-8H,1-2H3. The maximum atomic E-state index is 12.2. The first kappa shape index (κ1) is 12.1. The molecule has 0 atom stereocenters. The molecule has 0 radical (unpaired) electrons. The Morgan fingerprint density at radius 1 is 0.857 bits per heavy atom. The molecule has 0 saturated carbocycles. The van der Waals surface area contributed by atoms with Gasteiger partial charge in [-0.25, -0.2) is 9.59 Å². The molecule has 102 valence electrons. The summed E-state index contributed by atoms with van der Waals surface area (Å²) in [7, 11) is 0. The van der Waals surface area contributed by atoms with E-state index in [0.29, 0.717) is 16.5 Å². The molecule has 3 heteroatoms. The molecule has 0 fully saturated rings. The van der Waals surface area contributed by atoms with Crippen LogP contribution in [0, 0.1) is 13.8 Å². The van der Waals surface area contributed by atoms with Gasteiger partial charge in [0.2, 0.25) is 0 Å². The van der Waals surface area contributed by atoms with Gasteiger partial charge in [0.25, 0.3) is 0 Å². The van der Waals surface area contributed by atoms with Crippen molar-refractivity contribution >= 4 is 33.5 Å². The maximum Gasteiger partial charge on any atom is 0.346 e. The van der Waals surface area contributed by atoms with E-state index < -0.39 is 11.9 Å². The number of carbonyl (C=O) groups is 2. The van der Waals surface area contributed by atoms with Crippen LogP contribution in [0.15, 0.2) is 36.4 Å². The fourth-order valence-corrected chi connectivity index (χ4v) is 3.19. The van der Waals surface area contributed by atoms with Crippen LogP contribution in [0.25, 0.3) is 21.5 Å². The van der Waals surface area contributed by atoms with E-state index in [0.717, 1.165) is 27.3 Å². The zero-order chi connectivity index (χ0) is 14.7. The van der Waals surface area contributed by atoms with Crippen molar-refractivity contribution < 1.29 is 14.3 Å². The molecule has 0 aliphatic carbocycles. The molecule has 3 nitrogen and oxygen atoms in total. The van der Waals surface area contributed by atoms with E-state index in [1.807, 2.05) is 38.1 Å². The molecule has 1 aliphatic rings. The fraction of sp³-hybridized carbons (Fsp3) is 0.111. The minimum Gasteiger partial charge on any atom is -0.386 e. The summed E-state index contributed by atoms with van der Waals surface area (Å²) in [4.78, 5) is 24.1. The second-order valence-corrected chi connectivity index (χ2v) is 5.45. The van der Waals surface area contributed by atoms with Gasteiger partial charge in [-0.2, -0.15) is 0 Å². The summed E-state index contributed by atoms with van der Waals surface area (Å²) in [6.07, 6.45) is 0. The van der Waals surface area contributed by atoms with Gasteiger partial charge < -0.3 is 4.74 Å². The first-order valence-electron chi connectivity index (χ1n) is 6.80. The molecule has 21 heavy (non-hydrogen) atoms. The van der Waals surface area contributed by atoms with E-state index in [2.05, 4.69) is 6.07 Å². The Balaban J connectivity index is 2.37. The van der Waals surface area contributed by atoms with Crippen LogP contribution in [-0.4, -0.2) is 11.9 Å². The highest BCUT2D eigenvalue weighted by atomic mass is 16.6. The average molecular weight is 276 g/mol. The smallest absolute Gasteiger partial charge is 0.346 e. The van der Waals surface area contributed by atoms with Crippen LogP contribution in [0.4, 0.5) is 0 Å². The van der Waals surface area contributed by atoms with E-state index in [-0.39, 0.29) is 0 Å². The van der Waals surface area contributed by atoms with Crippen molar-refractivity contribution in [2.24, 2.45) is 0 Å². The summed E-state index contributed by atoms with van der Waals surface area (Å²) in [5.41, 5.74) is 2.99. The Labute approximate surface area is 121 Å². The highest BCUT2D eigenvalue weighted by Crippen LogP contribution is 2.37. The number of aryl methyl sites for hydroxylation is 2. The van der Waals surface area contributed by atoms with Crippen LogP contribution in [-0.2, 0) is 4.74 Å². The van der Waals surface area contributed by atoms with Crippen LogP contribution < -0.4 is 0 Å². The predicted molar refractivity (Wildman–Crippen MR) is 80.7 cm³/mol. The summed E-state index contributed by atoms with van der Waals surface area (Å²) in [5, 5.41) is 3.73. The third kappa shape index (κ3) is 1.49. The average Bonchev–Trinajstić information content (AvgIpc) is 2.46. The molecular weight excluding hydrogens is 264 g/mol. The van der Waals surface area contributed by atoms with Crippen LogP contribution >= 0.6 is 0 Å². The van der Waals surface area contributed by atoms with Crippen molar-refractivity contribution in [3.8, 4) is 0 Å². The number of rotatable bonds is 0. The predicted octanol–water partition coefficient (Wildman–Crippen LogP) is 3.92. The van der Waals surface area contributed by atoms with Gasteiger partial charge in [0, 0.05) is 5.39 Å². The quantitative estimate of drug-likeness (QED) is 0.355. The van der Waals surface area contributed by atoms with Gasteiger partial charge in [0.1, 0.15) is 0 Å². The lowest BCUT2D eigenvalue weighted by atomic mass is 9.88. The number of hydrogen-bond donors (Lipinski definition) is 0. The minimum atomic E-state index is -0.565. The van der Waals surface area contributed by atoms with Gasteiger partial charge in [-0.1, -0.05) is 35.9 Å². The summed E-state index contributed by atoms with van der Waals surface area (Å²) in [5.74, 6) is -1.12. The highest BCUT2D eigenvalue weighted by Gasteiger charge is 2.30. The number of hydrogen-bond acceptors (Lipinski definition) is 3. The first-order valence-corrected chi connectivity index (χ1v) is 6.80. The number of cyclic esters (lactones) is 2. The number of carbonyl (C=O) groups excluding carboxylic acids is 2. The third-order valence-electron chi connectivity index (χ3n) is 4.17. The van der Waals surface area contributed by atoms with Crippen LogP contribution in [0.2, 0.25) is 0 Å². The number of benzene rings is 3. The molecule has 0 bridgehead atoms. The molecule has 0 N–H and O–H groups in total. The van der Waals surface area contributed by atoms with Crippen molar-refractivity contribution in [3.63, 3.8) is 0 Å².